The number of unbranched alkanes of at least 4 members (excludes halogenated alkanes) is 1. The lowest BCUT2D eigenvalue weighted by Crippen LogP contribution is -2.49. The van der Waals surface area contributed by atoms with Gasteiger partial charge < -0.3 is 16.5 Å². The fraction of sp³-hybridized carbons (Fsp3) is 0.684. The molecule has 1 aliphatic heterocycles. The Morgan fingerprint density at radius 1 is 1.41 bits per heavy atom. The Kier molecular flexibility index (Phi) is 8.11. The number of nitrogens with zero attached hydrogens (tertiary/aromatic N) is 5. The molecule has 1 saturated carbocycles. The fourth-order valence-corrected chi connectivity index (χ4v) is 3.46. The van der Waals surface area contributed by atoms with E-state index in [9.17, 15) is 10.1 Å². The maximum Gasteiger partial charge on any atom is 0.264 e. The molecule has 1 aliphatic carbocycles. The standard InChI is InChI=1S/C19H31N7O/c1-23-26(12-10-18(21)24-22)17-7-4-11-25(14-17)19(27)16(13-20)6-3-2-5-15-8-9-15/h6,15,17H,1-5,7-12,14,22H2,(H2,21,24)/b16-6+/t17-/m1/s1. The average Bonchev–Trinajstić information content (AvgIpc) is 3.52. The highest BCUT2D eigenvalue weighted by Crippen LogP contribution is 2.33. The van der Waals surface area contributed by atoms with E-state index in [4.69, 9.17) is 11.6 Å². The molecule has 0 bridgehead atoms. The highest BCUT2D eigenvalue weighted by molar-refractivity contribution is 5.97. The van der Waals surface area contributed by atoms with Crippen molar-refractivity contribution < 1.29 is 4.79 Å². The Balaban J connectivity index is 1.89. The molecule has 0 spiro atoms. The molecule has 0 radical (unpaired) electrons. The first kappa shape index (κ1) is 20.7. The Morgan fingerprint density at radius 2 is 2.19 bits per heavy atom. The summed E-state index contributed by atoms with van der Waals surface area (Å²) in [6.45, 7) is 5.36. The number of carbonyl (C=O) groups excluding carboxylic acids is 1. The molecule has 0 aromatic carbocycles. The van der Waals surface area contributed by atoms with Crippen LogP contribution in [-0.2, 0) is 4.79 Å². The molecule has 8 heteroatoms. The van der Waals surface area contributed by atoms with E-state index in [1.54, 1.807) is 11.0 Å². The first-order chi connectivity index (χ1) is 13.1. The summed E-state index contributed by atoms with van der Waals surface area (Å²) in [5.74, 6) is 6.22. The molecular weight excluding hydrogens is 342 g/mol. The highest BCUT2D eigenvalue weighted by Gasteiger charge is 2.29. The Labute approximate surface area is 161 Å². The van der Waals surface area contributed by atoms with Crippen LogP contribution in [0.25, 0.3) is 0 Å². The minimum atomic E-state index is -0.180. The van der Waals surface area contributed by atoms with Crippen LogP contribution in [0.4, 0.5) is 0 Å². The molecule has 27 heavy (non-hydrogen) atoms. The monoisotopic (exact) mass is 373 g/mol. The SMILES string of the molecule is C=NN(CC/C(N)=N\N)[C@@H]1CCCN(C(=O)/C(C#N)=C/CCCC2CC2)C1. The Morgan fingerprint density at radius 3 is 2.81 bits per heavy atom. The van der Waals surface area contributed by atoms with Crippen LogP contribution in [0.15, 0.2) is 21.9 Å². The van der Waals surface area contributed by atoms with Crippen molar-refractivity contribution in [2.75, 3.05) is 19.6 Å². The maximum absolute atomic E-state index is 12.8. The number of rotatable bonds is 10. The van der Waals surface area contributed by atoms with Crippen LogP contribution in [0, 0.1) is 17.2 Å². The zero-order valence-corrected chi connectivity index (χ0v) is 16.0. The minimum absolute atomic E-state index is 0.0561. The summed E-state index contributed by atoms with van der Waals surface area (Å²) < 4.78 is 0. The van der Waals surface area contributed by atoms with Crippen molar-refractivity contribution in [1.29, 1.82) is 5.26 Å². The molecule has 1 atom stereocenters. The predicted molar refractivity (Wildman–Crippen MR) is 107 cm³/mol. The van der Waals surface area contributed by atoms with Crippen LogP contribution < -0.4 is 11.6 Å². The summed E-state index contributed by atoms with van der Waals surface area (Å²) in [4.78, 5) is 14.5. The van der Waals surface area contributed by atoms with Gasteiger partial charge in [-0.2, -0.15) is 15.5 Å². The van der Waals surface area contributed by atoms with Gasteiger partial charge in [-0.1, -0.05) is 25.3 Å². The summed E-state index contributed by atoms with van der Waals surface area (Å²) >= 11 is 0. The predicted octanol–water partition coefficient (Wildman–Crippen LogP) is 1.55. The molecule has 0 unspecified atom stereocenters. The number of carbonyl (C=O) groups is 1. The van der Waals surface area contributed by atoms with Gasteiger partial charge in [-0.05, 0) is 31.6 Å². The van der Waals surface area contributed by atoms with Crippen LogP contribution in [-0.4, -0.2) is 54.0 Å². The number of hydrazone groups is 2. The number of likely N-dealkylation sites (tertiary alicyclic amines) is 1. The number of piperidine rings is 1. The van der Waals surface area contributed by atoms with Crippen LogP contribution in [0.3, 0.4) is 0 Å². The highest BCUT2D eigenvalue weighted by atomic mass is 16.2. The van der Waals surface area contributed by atoms with E-state index in [-0.39, 0.29) is 17.5 Å². The number of nitrogens with two attached hydrogens (primary N) is 2. The third-order valence-corrected chi connectivity index (χ3v) is 5.26. The topological polar surface area (TPSA) is 124 Å². The molecule has 8 nitrogen and oxygen atoms in total. The number of allylic oxidation sites excluding steroid dienone is 1. The second-order valence-corrected chi connectivity index (χ2v) is 7.33. The minimum Gasteiger partial charge on any atom is -0.386 e. The average molecular weight is 374 g/mol. The van der Waals surface area contributed by atoms with Gasteiger partial charge in [0.15, 0.2) is 0 Å². The van der Waals surface area contributed by atoms with Gasteiger partial charge in [-0.3, -0.25) is 9.80 Å². The second kappa shape index (κ2) is 10.6. The van der Waals surface area contributed by atoms with Crippen LogP contribution in [0.5, 0.6) is 0 Å². The van der Waals surface area contributed by atoms with Crippen LogP contribution in [0.1, 0.15) is 51.4 Å². The summed E-state index contributed by atoms with van der Waals surface area (Å²) in [5, 5.41) is 18.8. The largest absolute Gasteiger partial charge is 0.386 e. The molecule has 2 rings (SSSR count). The lowest BCUT2D eigenvalue weighted by Gasteiger charge is -2.37. The lowest BCUT2D eigenvalue weighted by molar-refractivity contribution is -0.128. The van der Waals surface area contributed by atoms with Gasteiger partial charge in [0.25, 0.3) is 5.91 Å². The Hall–Kier alpha value is -2.56. The van der Waals surface area contributed by atoms with Crippen molar-refractivity contribution in [1.82, 2.24) is 9.91 Å². The van der Waals surface area contributed by atoms with Crippen molar-refractivity contribution >= 4 is 18.5 Å². The van der Waals surface area contributed by atoms with Gasteiger partial charge in [0.1, 0.15) is 17.5 Å². The quantitative estimate of drug-likeness (QED) is 0.114. The van der Waals surface area contributed by atoms with Gasteiger partial charge in [0.2, 0.25) is 0 Å². The van der Waals surface area contributed by atoms with Gasteiger partial charge in [0.05, 0.1) is 6.04 Å². The van der Waals surface area contributed by atoms with Crippen molar-refractivity contribution in [3.8, 4) is 6.07 Å². The fourth-order valence-electron chi connectivity index (χ4n) is 3.46. The Bertz CT molecular complexity index is 618. The normalized spacial score (nSPS) is 20.9. The molecule has 2 fully saturated rings. The number of nitriles is 1. The number of amidine groups is 1. The van der Waals surface area contributed by atoms with Crippen molar-refractivity contribution in [3.05, 3.63) is 11.6 Å². The van der Waals surface area contributed by atoms with Gasteiger partial charge in [0, 0.05) is 32.8 Å². The van der Waals surface area contributed by atoms with Crippen molar-refractivity contribution in [2.24, 2.45) is 27.7 Å². The van der Waals surface area contributed by atoms with Crippen molar-refractivity contribution in [2.45, 2.75) is 57.4 Å². The van der Waals surface area contributed by atoms with E-state index in [2.05, 4.69) is 23.0 Å². The first-order valence-electron chi connectivity index (χ1n) is 9.74. The number of hydrogen-bond acceptors (Lipinski definition) is 6. The molecule has 148 valence electrons. The summed E-state index contributed by atoms with van der Waals surface area (Å²) in [7, 11) is 0. The van der Waals surface area contributed by atoms with E-state index < -0.39 is 0 Å². The second-order valence-electron chi connectivity index (χ2n) is 7.33. The number of amides is 1. The third-order valence-electron chi connectivity index (χ3n) is 5.26. The molecule has 1 saturated heterocycles. The van der Waals surface area contributed by atoms with Crippen LogP contribution in [0.2, 0.25) is 0 Å². The van der Waals surface area contributed by atoms with Crippen LogP contribution >= 0.6 is 0 Å². The van der Waals surface area contributed by atoms with Gasteiger partial charge in [-0.25, -0.2) is 0 Å². The molecule has 0 aromatic rings. The zero-order valence-electron chi connectivity index (χ0n) is 16.0. The lowest BCUT2D eigenvalue weighted by atomic mass is 10.0. The smallest absolute Gasteiger partial charge is 0.264 e. The molecular formula is C19H31N7O. The van der Waals surface area contributed by atoms with Gasteiger partial charge in [-0.15, -0.1) is 0 Å². The van der Waals surface area contributed by atoms with Crippen molar-refractivity contribution in [3.63, 3.8) is 0 Å². The van der Waals surface area contributed by atoms with E-state index in [0.717, 1.165) is 31.6 Å². The van der Waals surface area contributed by atoms with Gasteiger partial charge >= 0.3 is 0 Å². The summed E-state index contributed by atoms with van der Waals surface area (Å²) in [6, 6.07) is 2.14. The first-order valence-corrected chi connectivity index (χ1v) is 9.74. The third kappa shape index (κ3) is 6.59. The molecule has 2 aliphatic rings. The number of hydrogen-bond donors (Lipinski definition) is 2. The van der Waals surface area contributed by atoms with E-state index in [1.807, 2.05) is 5.01 Å². The summed E-state index contributed by atoms with van der Waals surface area (Å²) in [6.07, 6.45) is 9.77. The molecule has 1 amide bonds. The van der Waals surface area contributed by atoms with E-state index in [0.29, 0.717) is 31.9 Å². The van der Waals surface area contributed by atoms with E-state index >= 15 is 0 Å². The molecule has 0 aromatic heterocycles. The maximum atomic E-state index is 12.8. The zero-order chi connectivity index (χ0) is 19.6. The molecule has 1 heterocycles. The molecule has 4 N–H and O–H groups in total. The summed E-state index contributed by atoms with van der Waals surface area (Å²) in [5.41, 5.74) is 5.90. The van der Waals surface area contributed by atoms with E-state index in [1.165, 1.54) is 19.3 Å².